The number of nitrogens with one attached hydrogen (secondary N) is 1. The molecule has 0 bridgehead atoms. The van der Waals surface area contributed by atoms with Gasteiger partial charge in [-0.05, 0) is 102 Å². The van der Waals surface area contributed by atoms with Gasteiger partial charge in [0.2, 0.25) is 0 Å². The first-order chi connectivity index (χ1) is 21.5. The van der Waals surface area contributed by atoms with Gasteiger partial charge in [-0.1, -0.05) is 72.3 Å². The summed E-state index contributed by atoms with van der Waals surface area (Å²) in [5.41, 5.74) is 4.65. The van der Waals surface area contributed by atoms with Gasteiger partial charge in [-0.15, -0.1) is 11.3 Å². The second-order valence-corrected chi connectivity index (χ2v) is 13.7. The quantitative estimate of drug-likeness (QED) is 0.171. The van der Waals surface area contributed by atoms with Crippen LogP contribution in [0.2, 0.25) is 5.02 Å². The molecule has 0 saturated heterocycles. The van der Waals surface area contributed by atoms with Gasteiger partial charge in [0.1, 0.15) is 11.3 Å². The zero-order valence-electron chi connectivity index (χ0n) is 24.4. The van der Waals surface area contributed by atoms with Gasteiger partial charge in [0.25, 0.3) is 0 Å². The Morgan fingerprint density at radius 3 is 2.59 bits per heavy atom. The lowest BCUT2D eigenvalue weighted by molar-refractivity contribution is -0.144. The predicted octanol–water partition coefficient (Wildman–Crippen LogP) is 9.12. The summed E-state index contributed by atoms with van der Waals surface area (Å²) in [7, 11) is 0. The Hall–Kier alpha value is -3.87. The number of nitrogens with zero attached hydrogens (tertiary/aromatic N) is 1. The van der Waals surface area contributed by atoms with Crippen LogP contribution < -0.4 is 10.1 Å². The molecule has 1 saturated carbocycles. The molecule has 1 spiro atoms. The van der Waals surface area contributed by atoms with Gasteiger partial charge in [0.15, 0.2) is 0 Å². The standard InChI is InChI=1S/C37H35ClN2O3S/c38-29-10-6-11-30(23-29)40-37(35(41)42)17-15-36(16-18-37)28(21-26-9-4-5-12-31(26)36)22-27(25-7-2-1-3-8-25)24-43-33-13-19-39-32-14-20-44-34(32)33/h1-14,19-20,23,27-28,40H,15-18,21-22,24H2,(H,41,42)/t27-,28+,36?,37?/m1/s1. The molecule has 2 aliphatic rings. The zero-order valence-corrected chi connectivity index (χ0v) is 26.0. The van der Waals surface area contributed by atoms with Crippen LogP contribution in [0.5, 0.6) is 5.75 Å². The highest BCUT2D eigenvalue weighted by molar-refractivity contribution is 7.17. The summed E-state index contributed by atoms with van der Waals surface area (Å²) in [6.07, 6.45) is 6.46. The van der Waals surface area contributed by atoms with Crippen molar-refractivity contribution in [2.45, 2.75) is 55.4 Å². The van der Waals surface area contributed by atoms with E-state index in [-0.39, 0.29) is 11.3 Å². The molecule has 2 N–H and O–H groups in total. The molecule has 0 radical (unpaired) electrons. The lowest BCUT2D eigenvalue weighted by Crippen LogP contribution is -2.53. The molecule has 5 nitrogen and oxygen atoms in total. The van der Waals surface area contributed by atoms with Crippen molar-refractivity contribution in [1.82, 2.24) is 4.98 Å². The van der Waals surface area contributed by atoms with Crippen LogP contribution in [0.25, 0.3) is 10.2 Å². The van der Waals surface area contributed by atoms with Crippen molar-refractivity contribution in [3.8, 4) is 5.75 Å². The maximum Gasteiger partial charge on any atom is 0.329 e. The third-order valence-electron chi connectivity index (χ3n) is 10.0. The van der Waals surface area contributed by atoms with Crippen LogP contribution in [0.1, 0.15) is 54.7 Å². The summed E-state index contributed by atoms with van der Waals surface area (Å²) < 4.78 is 7.65. The van der Waals surface area contributed by atoms with Gasteiger partial charge in [-0.2, -0.15) is 0 Å². The number of benzene rings is 3. The van der Waals surface area contributed by atoms with E-state index in [4.69, 9.17) is 16.3 Å². The number of pyridine rings is 1. The van der Waals surface area contributed by atoms with E-state index in [1.54, 1.807) is 17.4 Å². The fraction of sp³-hybridized carbons (Fsp3) is 0.297. The van der Waals surface area contributed by atoms with E-state index < -0.39 is 11.5 Å². The molecule has 224 valence electrons. The van der Waals surface area contributed by atoms with Crippen molar-refractivity contribution in [2.24, 2.45) is 5.92 Å². The third-order valence-corrected chi connectivity index (χ3v) is 11.2. The van der Waals surface area contributed by atoms with Gasteiger partial charge in [-0.3, -0.25) is 4.98 Å². The van der Waals surface area contributed by atoms with Crippen molar-refractivity contribution in [2.75, 3.05) is 11.9 Å². The number of aliphatic carboxylic acids is 1. The zero-order chi connectivity index (χ0) is 30.1. The lowest BCUT2D eigenvalue weighted by Gasteiger charge is -2.47. The van der Waals surface area contributed by atoms with E-state index in [0.717, 1.165) is 47.3 Å². The second-order valence-electron chi connectivity index (χ2n) is 12.3. The first-order valence-corrected chi connectivity index (χ1v) is 16.6. The average molecular weight is 623 g/mol. The normalized spacial score (nSPS) is 23.3. The number of carboxylic acids is 1. The number of aromatic nitrogens is 1. The average Bonchev–Trinajstić information content (AvgIpc) is 3.64. The van der Waals surface area contributed by atoms with E-state index in [9.17, 15) is 9.90 Å². The molecule has 7 heteroatoms. The number of carboxylic acid groups (broad SMARTS) is 1. The van der Waals surface area contributed by atoms with E-state index in [2.05, 4.69) is 70.3 Å². The Morgan fingerprint density at radius 1 is 1.00 bits per heavy atom. The molecule has 3 aromatic carbocycles. The van der Waals surface area contributed by atoms with Crippen LogP contribution in [-0.2, 0) is 16.6 Å². The Morgan fingerprint density at radius 2 is 1.80 bits per heavy atom. The Labute approximate surface area is 266 Å². The molecule has 7 rings (SSSR count). The van der Waals surface area contributed by atoms with E-state index >= 15 is 0 Å². The van der Waals surface area contributed by atoms with Gasteiger partial charge >= 0.3 is 5.97 Å². The highest BCUT2D eigenvalue weighted by atomic mass is 35.5. The largest absolute Gasteiger partial charge is 0.491 e. The van der Waals surface area contributed by atoms with Crippen molar-refractivity contribution < 1.29 is 14.6 Å². The van der Waals surface area contributed by atoms with Crippen molar-refractivity contribution in [1.29, 1.82) is 0 Å². The van der Waals surface area contributed by atoms with Crippen LogP contribution in [0.4, 0.5) is 5.69 Å². The summed E-state index contributed by atoms with van der Waals surface area (Å²) >= 11 is 7.91. The van der Waals surface area contributed by atoms with Crippen molar-refractivity contribution in [3.05, 3.63) is 124 Å². The van der Waals surface area contributed by atoms with Crippen LogP contribution in [0.15, 0.2) is 103 Å². The Balaban J connectivity index is 1.18. The molecule has 5 aromatic rings. The Kier molecular flexibility index (Phi) is 7.81. The van der Waals surface area contributed by atoms with E-state index in [1.807, 2.05) is 36.5 Å². The highest BCUT2D eigenvalue weighted by Crippen LogP contribution is 2.56. The van der Waals surface area contributed by atoms with Crippen LogP contribution in [0, 0.1) is 5.92 Å². The maximum atomic E-state index is 12.8. The first kappa shape index (κ1) is 28.9. The highest BCUT2D eigenvalue weighted by Gasteiger charge is 2.54. The molecule has 1 fully saturated rings. The summed E-state index contributed by atoms with van der Waals surface area (Å²) in [6, 6.07) is 30.9. The number of hydrogen-bond acceptors (Lipinski definition) is 5. The number of thiophene rings is 1. The van der Waals surface area contributed by atoms with E-state index in [0.29, 0.717) is 30.4 Å². The number of halogens is 1. The molecular weight excluding hydrogens is 588 g/mol. The smallest absolute Gasteiger partial charge is 0.329 e. The number of carbonyl (C=O) groups is 1. The van der Waals surface area contributed by atoms with Crippen LogP contribution in [0.3, 0.4) is 0 Å². The van der Waals surface area contributed by atoms with Gasteiger partial charge in [0, 0.05) is 22.8 Å². The second kappa shape index (κ2) is 11.9. The van der Waals surface area contributed by atoms with Crippen LogP contribution >= 0.6 is 22.9 Å². The Bertz CT molecular complexity index is 1780. The molecular formula is C37H35ClN2O3S. The van der Waals surface area contributed by atoms with Crippen molar-refractivity contribution >= 4 is 44.8 Å². The molecule has 2 atom stereocenters. The van der Waals surface area contributed by atoms with Gasteiger partial charge in [-0.25, -0.2) is 4.79 Å². The fourth-order valence-electron chi connectivity index (χ4n) is 7.73. The number of ether oxygens (including phenoxy) is 1. The lowest BCUT2D eigenvalue weighted by atomic mass is 9.59. The van der Waals surface area contributed by atoms with Gasteiger partial charge < -0.3 is 15.2 Å². The molecule has 2 aliphatic carbocycles. The molecule has 44 heavy (non-hydrogen) atoms. The predicted molar refractivity (Wildman–Crippen MR) is 178 cm³/mol. The minimum absolute atomic E-state index is 0.0870. The minimum atomic E-state index is -1.03. The summed E-state index contributed by atoms with van der Waals surface area (Å²) in [5, 5.41) is 16.6. The number of anilines is 1. The summed E-state index contributed by atoms with van der Waals surface area (Å²) in [6.45, 7) is 0.569. The summed E-state index contributed by atoms with van der Waals surface area (Å²) in [4.78, 5) is 17.3. The van der Waals surface area contributed by atoms with Crippen LogP contribution in [-0.4, -0.2) is 28.2 Å². The SMILES string of the molecule is O=C(O)C1(Nc2cccc(Cl)c2)CCC2(CC1)c1ccccc1C[C@H]2C[C@H](COc1ccnc2ccsc12)c1ccccc1. The molecule has 2 aromatic heterocycles. The van der Waals surface area contributed by atoms with Gasteiger partial charge in [0.05, 0.1) is 16.8 Å². The summed E-state index contributed by atoms with van der Waals surface area (Å²) in [5.74, 6) is 0.631. The van der Waals surface area contributed by atoms with E-state index in [1.165, 1.54) is 16.7 Å². The maximum absolute atomic E-state index is 12.8. The number of hydrogen-bond donors (Lipinski definition) is 2. The third kappa shape index (κ3) is 5.35. The van der Waals surface area contributed by atoms with Crippen molar-refractivity contribution in [3.63, 3.8) is 0 Å². The molecule has 2 heterocycles. The monoisotopic (exact) mass is 622 g/mol. The molecule has 0 amide bonds. The first-order valence-electron chi connectivity index (χ1n) is 15.3. The number of fused-ring (bicyclic) bond motifs is 3. The molecule has 0 unspecified atom stereocenters. The minimum Gasteiger partial charge on any atom is -0.491 e. The number of rotatable bonds is 9. The molecule has 0 aliphatic heterocycles. The topological polar surface area (TPSA) is 71.5 Å². The fourth-order valence-corrected chi connectivity index (χ4v) is 8.74.